The Labute approximate surface area is 83.5 Å². The minimum Gasteiger partial charge on any atom is -0.478 e. The number of aliphatic carboxylic acids is 1. The standard InChI is InChI=1S/C10H16O4/c1-4-10(3)13-6-8(14-10)5-7(2)9(11)12/h5,8H,4,6H2,1-3H3,(H,11,12)/b7-5+. The van der Waals surface area contributed by atoms with Crippen molar-refractivity contribution in [3.05, 3.63) is 11.6 Å². The van der Waals surface area contributed by atoms with Crippen LogP contribution in [0.25, 0.3) is 0 Å². The predicted molar refractivity (Wildman–Crippen MR) is 50.9 cm³/mol. The maximum atomic E-state index is 10.6. The van der Waals surface area contributed by atoms with Gasteiger partial charge in [0.25, 0.3) is 0 Å². The molecule has 0 saturated carbocycles. The molecular formula is C10H16O4. The second-order valence-electron chi connectivity index (χ2n) is 3.61. The third-order valence-electron chi connectivity index (χ3n) is 2.37. The summed E-state index contributed by atoms with van der Waals surface area (Å²) in [7, 11) is 0. The van der Waals surface area contributed by atoms with Crippen LogP contribution in [0, 0.1) is 0 Å². The molecule has 0 aromatic carbocycles. The molecule has 14 heavy (non-hydrogen) atoms. The molecule has 2 atom stereocenters. The van der Waals surface area contributed by atoms with Crippen molar-refractivity contribution in [2.45, 2.75) is 39.1 Å². The van der Waals surface area contributed by atoms with Gasteiger partial charge in [0.2, 0.25) is 0 Å². The van der Waals surface area contributed by atoms with Crippen molar-refractivity contribution >= 4 is 5.97 Å². The summed E-state index contributed by atoms with van der Waals surface area (Å²) >= 11 is 0. The van der Waals surface area contributed by atoms with Gasteiger partial charge in [0.15, 0.2) is 5.79 Å². The summed E-state index contributed by atoms with van der Waals surface area (Å²) < 4.78 is 11.0. The number of hydrogen-bond acceptors (Lipinski definition) is 3. The molecule has 1 saturated heterocycles. The van der Waals surface area contributed by atoms with Gasteiger partial charge in [-0.3, -0.25) is 0 Å². The predicted octanol–water partition coefficient (Wildman–Crippen LogP) is 1.56. The van der Waals surface area contributed by atoms with Crippen LogP contribution in [0.4, 0.5) is 0 Å². The summed E-state index contributed by atoms with van der Waals surface area (Å²) in [6, 6.07) is 0. The molecule has 0 bridgehead atoms. The van der Waals surface area contributed by atoms with E-state index in [1.165, 1.54) is 0 Å². The minimum atomic E-state index is -0.918. The normalized spacial score (nSPS) is 33.4. The number of hydrogen-bond donors (Lipinski definition) is 1. The zero-order valence-corrected chi connectivity index (χ0v) is 8.74. The van der Waals surface area contributed by atoms with Crippen LogP contribution < -0.4 is 0 Å². The summed E-state index contributed by atoms with van der Waals surface area (Å²) in [5.41, 5.74) is 0.291. The van der Waals surface area contributed by atoms with Gasteiger partial charge in [0.1, 0.15) is 6.10 Å². The molecule has 1 rings (SSSR count). The topological polar surface area (TPSA) is 55.8 Å². The fourth-order valence-electron chi connectivity index (χ4n) is 1.26. The van der Waals surface area contributed by atoms with E-state index in [4.69, 9.17) is 14.6 Å². The molecule has 0 aromatic heterocycles. The van der Waals surface area contributed by atoms with Gasteiger partial charge >= 0.3 is 5.97 Å². The molecule has 0 radical (unpaired) electrons. The molecular weight excluding hydrogens is 184 g/mol. The van der Waals surface area contributed by atoms with Gasteiger partial charge in [-0.25, -0.2) is 4.79 Å². The van der Waals surface area contributed by atoms with Crippen LogP contribution in [0.15, 0.2) is 11.6 Å². The average molecular weight is 200 g/mol. The Kier molecular flexibility index (Phi) is 3.29. The van der Waals surface area contributed by atoms with Crippen LogP contribution in [-0.2, 0) is 14.3 Å². The lowest BCUT2D eigenvalue weighted by atomic mass is 10.2. The van der Waals surface area contributed by atoms with Gasteiger partial charge in [-0.15, -0.1) is 0 Å². The highest BCUT2D eigenvalue weighted by atomic mass is 16.7. The van der Waals surface area contributed by atoms with Gasteiger partial charge in [-0.05, 0) is 26.3 Å². The maximum absolute atomic E-state index is 10.6. The Morgan fingerprint density at radius 2 is 2.36 bits per heavy atom. The van der Waals surface area contributed by atoms with E-state index < -0.39 is 11.8 Å². The summed E-state index contributed by atoms with van der Waals surface area (Å²) in [4.78, 5) is 10.6. The largest absolute Gasteiger partial charge is 0.478 e. The molecule has 80 valence electrons. The first kappa shape index (κ1) is 11.2. The molecule has 4 heteroatoms. The summed E-state index contributed by atoms with van der Waals surface area (Å²) in [5.74, 6) is -1.47. The monoisotopic (exact) mass is 200 g/mol. The molecule has 1 fully saturated rings. The molecule has 0 aromatic rings. The van der Waals surface area contributed by atoms with Gasteiger partial charge in [-0.2, -0.15) is 0 Å². The molecule has 4 nitrogen and oxygen atoms in total. The van der Waals surface area contributed by atoms with E-state index in [9.17, 15) is 4.79 Å². The van der Waals surface area contributed by atoms with Crippen molar-refractivity contribution in [2.24, 2.45) is 0 Å². The summed E-state index contributed by atoms with van der Waals surface area (Å²) in [6.07, 6.45) is 2.10. The van der Waals surface area contributed by atoms with Gasteiger partial charge in [0, 0.05) is 5.57 Å². The lowest BCUT2D eigenvalue weighted by Gasteiger charge is -2.20. The lowest BCUT2D eigenvalue weighted by Crippen LogP contribution is -2.25. The third kappa shape index (κ3) is 2.56. The van der Waals surface area contributed by atoms with Crippen molar-refractivity contribution in [3.8, 4) is 0 Å². The molecule has 1 aliphatic heterocycles. The highest BCUT2D eigenvalue weighted by molar-refractivity contribution is 5.85. The number of carboxylic acid groups (broad SMARTS) is 1. The summed E-state index contributed by atoms with van der Waals surface area (Å²) in [6.45, 7) is 5.80. The van der Waals surface area contributed by atoms with Crippen molar-refractivity contribution in [2.75, 3.05) is 6.61 Å². The van der Waals surface area contributed by atoms with Crippen molar-refractivity contribution < 1.29 is 19.4 Å². The Balaban J connectivity index is 2.59. The van der Waals surface area contributed by atoms with E-state index in [0.717, 1.165) is 6.42 Å². The molecule has 0 spiro atoms. The van der Waals surface area contributed by atoms with E-state index in [1.807, 2.05) is 13.8 Å². The van der Waals surface area contributed by atoms with Crippen LogP contribution in [0.1, 0.15) is 27.2 Å². The molecule has 1 aliphatic rings. The highest BCUT2D eigenvalue weighted by Gasteiger charge is 2.34. The van der Waals surface area contributed by atoms with Crippen LogP contribution in [-0.4, -0.2) is 29.6 Å². The van der Waals surface area contributed by atoms with Crippen LogP contribution in [0.2, 0.25) is 0 Å². The first-order chi connectivity index (χ1) is 6.47. The van der Waals surface area contributed by atoms with Crippen LogP contribution in [0.5, 0.6) is 0 Å². The fourth-order valence-corrected chi connectivity index (χ4v) is 1.26. The van der Waals surface area contributed by atoms with E-state index in [0.29, 0.717) is 12.2 Å². The molecule has 1 heterocycles. The number of carboxylic acids is 1. The first-order valence-corrected chi connectivity index (χ1v) is 4.70. The first-order valence-electron chi connectivity index (χ1n) is 4.70. The molecule has 2 unspecified atom stereocenters. The second kappa shape index (κ2) is 4.11. The van der Waals surface area contributed by atoms with E-state index in [2.05, 4.69) is 0 Å². The molecule has 1 N–H and O–H groups in total. The Hall–Kier alpha value is -0.870. The highest BCUT2D eigenvalue weighted by Crippen LogP contribution is 2.27. The number of carbonyl (C=O) groups is 1. The zero-order valence-electron chi connectivity index (χ0n) is 8.74. The maximum Gasteiger partial charge on any atom is 0.331 e. The number of ether oxygens (including phenoxy) is 2. The molecule has 0 aliphatic carbocycles. The van der Waals surface area contributed by atoms with Crippen LogP contribution in [0.3, 0.4) is 0 Å². The second-order valence-corrected chi connectivity index (χ2v) is 3.61. The zero-order chi connectivity index (χ0) is 10.8. The van der Waals surface area contributed by atoms with E-state index in [-0.39, 0.29) is 6.10 Å². The van der Waals surface area contributed by atoms with Crippen molar-refractivity contribution in [3.63, 3.8) is 0 Å². The van der Waals surface area contributed by atoms with Crippen molar-refractivity contribution in [1.29, 1.82) is 0 Å². The minimum absolute atomic E-state index is 0.240. The van der Waals surface area contributed by atoms with Gasteiger partial charge in [-0.1, -0.05) is 6.92 Å². The fraction of sp³-hybridized carbons (Fsp3) is 0.700. The van der Waals surface area contributed by atoms with E-state index in [1.54, 1.807) is 13.0 Å². The van der Waals surface area contributed by atoms with Gasteiger partial charge in [0.05, 0.1) is 6.61 Å². The Morgan fingerprint density at radius 3 is 2.79 bits per heavy atom. The smallest absolute Gasteiger partial charge is 0.331 e. The Bertz CT molecular complexity index is 259. The lowest BCUT2D eigenvalue weighted by molar-refractivity contribution is -0.150. The SMILES string of the molecule is CCC1(C)OCC(/C=C(\C)C(=O)O)O1. The number of rotatable bonds is 3. The van der Waals surface area contributed by atoms with Crippen molar-refractivity contribution in [1.82, 2.24) is 0 Å². The van der Waals surface area contributed by atoms with Gasteiger partial charge < -0.3 is 14.6 Å². The molecule has 0 amide bonds. The third-order valence-corrected chi connectivity index (χ3v) is 2.37. The Morgan fingerprint density at radius 1 is 1.71 bits per heavy atom. The van der Waals surface area contributed by atoms with E-state index >= 15 is 0 Å². The van der Waals surface area contributed by atoms with Crippen LogP contribution >= 0.6 is 0 Å². The summed E-state index contributed by atoms with van der Waals surface area (Å²) in [5, 5.41) is 8.66. The quantitative estimate of drug-likeness (QED) is 0.702. The average Bonchev–Trinajstić information content (AvgIpc) is 2.48.